The zero-order chi connectivity index (χ0) is 36.0. The summed E-state index contributed by atoms with van der Waals surface area (Å²) in [6.45, 7) is 12.2. The van der Waals surface area contributed by atoms with Crippen molar-refractivity contribution in [2.75, 3.05) is 7.11 Å². The van der Waals surface area contributed by atoms with Crippen LogP contribution in [0.15, 0.2) is 60.8 Å². The molecule has 1 amide bonds. The topological polar surface area (TPSA) is 131 Å². The molecule has 2 aromatic carbocycles. The van der Waals surface area contributed by atoms with E-state index in [4.69, 9.17) is 29.3 Å². The molecule has 3 aliphatic carbocycles. The van der Waals surface area contributed by atoms with Crippen molar-refractivity contribution in [2.45, 2.75) is 96.7 Å². The smallest absolute Gasteiger partial charge is 0.496 e. The number of carbonyl (C=O) groups is 2. The fourth-order valence-corrected chi connectivity index (χ4v) is 7.88. The van der Waals surface area contributed by atoms with Crippen LogP contribution in [-0.4, -0.2) is 54.3 Å². The molecule has 4 aliphatic rings. The first kappa shape index (κ1) is 35.8. The van der Waals surface area contributed by atoms with E-state index in [-0.39, 0.29) is 48.9 Å². The first-order valence-corrected chi connectivity index (χ1v) is 17.2. The van der Waals surface area contributed by atoms with E-state index in [0.717, 1.165) is 18.4 Å². The van der Waals surface area contributed by atoms with Gasteiger partial charge in [0, 0.05) is 6.07 Å². The van der Waals surface area contributed by atoms with E-state index >= 15 is 4.39 Å². The van der Waals surface area contributed by atoms with Gasteiger partial charge >= 0.3 is 14.5 Å². The molecule has 266 valence electrons. The Labute approximate surface area is 295 Å². The number of nitrogens with one attached hydrogen (secondary N) is 1. The lowest BCUT2D eigenvalue weighted by molar-refractivity contribution is -0.199. The second-order valence-corrected chi connectivity index (χ2v) is 15.4. The number of ether oxygens (including phenoxy) is 3. The van der Waals surface area contributed by atoms with E-state index in [2.05, 4.69) is 31.1 Å². The van der Waals surface area contributed by atoms with Gasteiger partial charge in [0.1, 0.15) is 41.0 Å². The summed E-state index contributed by atoms with van der Waals surface area (Å²) in [4.78, 5) is 31.1. The quantitative estimate of drug-likeness (QED) is 0.188. The number of rotatable bonds is 11. The Morgan fingerprint density at radius 1 is 1.14 bits per heavy atom. The second-order valence-electron chi connectivity index (χ2n) is 15.4. The van der Waals surface area contributed by atoms with Crippen molar-refractivity contribution in [3.63, 3.8) is 0 Å². The van der Waals surface area contributed by atoms with Gasteiger partial charge in [0.05, 0.1) is 31.0 Å². The van der Waals surface area contributed by atoms with Crippen LogP contribution in [0.3, 0.4) is 0 Å². The van der Waals surface area contributed by atoms with Crippen LogP contribution in [-0.2, 0) is 31.9 Å². The van der Waals surface area contributed by atoms with E-state index < -0.39 is 48.0 Å². The van der Waals surface area contributed by atoms with Crippen molar-refractivity contribution in [3.05, 3.63) is 89.0 Å². The largest absolute Gasteiger partial charge is 1.00 e. The molecule has 3 aromatic rings. The van der Waals surface area contributed by atoms with Crippen LogP contribution in [0.2, 0.25) is 0 Å². The van der Waals surface area contributed by atoms with Gasteiger partial charge in [0.25, 0.3) is 0 Å². The molecule has 3 N–H and O–H groups in total. The average Bonchev–Trinajstić information content (AvgIpc) is 3.43. The normalized spacial score (nSPS) is 24.7. The van der Waals surface area contributed by atoms with Crippen LogP contribution in [0, 0.1) is 23.1 Å². The Morgan fingerprint density at radius 2 is 1.88 bits per heavy atom. The summed E-state index contributed by atoms with van der Waals surface area (Å²) < 4.78 is 45.8. The van der Waals surface area contributed by atoms with Gasteiger partial charge in [-0.2, -0.15) is 0 Å². The highest BCUT2D eigenvalue weighted by Gasteiger charge is 2.68. The summed E-state index contributed by atoms with van der Waals surface area (Å²) in [7, 11) is 0.628. The molecule has 0 radical (unpaired) electrons. The van der Waals surface area contributed by atoms with Crippen molar-refractivity contribution in [1.29, 1.82) is 0 Å². The first-order valence-electron chi connectivity index (χ1n) is 17.2. The predicted molar refractivity (Wildman–Crippen MR) is 187 cm³/mol. The standard InChI is InChI=1S/C38H47BFN3O7/c1-36(2,3)48-35(45)26-15-11-14-23(33(26)46-7)16-30(39-49-29-18-24-17-28(37(24,4)5)38(29,6)50-39)43-34(44)31(41)32-27(40)19-25(20-42-32)47-21-22-12-9-8-10-13-22/h8-15,19-20,24,28-31H,16-18,21,41H2,1-7H3,(H,43,44)/p+1/t24-,28-,29+,30-,31?,38-/m0/s1. The highest BCUT2D eigenvalue weighted by Crippen LogP contribution is 2.65. The van der Waals surface area contributed by atoms with Gasteiger partial charge in [-0.3, -0.25) is 9.78 Å². The zero-order valence-corrected chi connectivity index (χ0v) is 29.8. The molecule has 10 nitrogen and oxygen atoms in total. The number of esters is 1. The molecular formula is C38H48BFN3O7+. The Balaban J connectivity index is 0.00000504. The first-order chi connectivity index (χ1) is 23.6. The number of nitrogens with two attached hydrogens (primary N) is 1. The van der Waals surface area contributed by atoms with Crippen molar-refractivity contribution >= 4 is 19.0 Å². The molecule has 0 spiro atoms. The molecule has 1 unspecified atom stereocenters. The lowest BCUT2D eigenvalue weighted by atomic mass is 9.43. The number of aromatic nitrogens is 1. The van der Waals surface area contributed by atoms with Gasteiger partial charge < -0.3 is 34.6 Å². The Morgan fingerprint density at radius 3 is 2.54 bits per heavy atom. The maximum absolute atomic E-state index is 15.4. The maximum Gasteiger partial charge on any atom is 1.00 e. The van der Waals surface area contributed by atoms with Crippen LogP contribution in [0.5, 0.6) is 11.5 Å². The number of para-hydroxylation sites is 1. The third-order valence-corrected chi connectivity index (χ3v) is 10.7. The Hall–Kier alpha value is -4.00. The minimum atomic E-state index is -1.44. The number of methoxy groups -OCH3 is 1. The minimum absolute atomic E-state index is 0. The van der Waals surface area contributed by atoms with Crippen molar-refractivity contribution in [2.24, 2.45) is 23.0 Å². The summed E-state index contributed by atoms with van der Waals surface area (Å²) in [5.41, 5.74) is 6.75. The minimum Gasteiger partial charge on any atom is -0.496 e. The van der Waals surface area contributed by atoms with Gasteiger partial charge in [-0.15, -0.1) is 0 Å². The molecule has 12 heteroatoms. The van der Waals surface area contributed by atoms with Gasteiger partial charge in [-0.25, -0.2) is 9.18 Å². The molecule has 1 aliphatic heterocycles. The summed E-state index contributed by atoms with van der Waals surface area (Å²) in [5.74, 6) is -1.42. The predicted octanol–water partition coefficient (Wildman–Crippen LogP) is 5.87. The summed E-state index contributed by atoms with van der Waals surface area (Å²) in [5, 5.41) is 2.98. The van der Waals surface area contributed by atoms with Crippen LogP contribution >= 0.6 is 0 Å². The SMILES string of the molecule is COc1c(C[C@H](NC(=O)C(N)c2ncc(OCc3ccccc3)cc2F)B2O[C@@H]3C[C@@H]4C[C@@H](C4(C)C)[C@]3(C)O2)cccc1C(=O)OC(C)(C)C.[H+]. The van der Waals surface area contributed by atoms with E-state index in [0.29, 0.717) is 17.2 Å². The van der Waals surface area contributed by atoms with Gasteiger partial charge in [0.15, 0.2) is 5.82 Å². The average molecular weight is 689 g/mol. The highest BCUT2D eigenvalue weighted by atomic mass is 19.1. The monoisotopic (exact) mass is 688 g/mol. The van der Waals surface area contributed by atoms with Crippen molar-refractivity contribution < 1.29 is 38.9 Å². The Kier molecular flexibility index (Phi) is 9.75. The number of hydrogen-bond acceptors (Lipinski definition) is 9. The van der Waals surface area contributed by atoms with Gasteiger partial charge in [-0.05, 0) is 81.4 Å². The number of carbonyl (C=O) groups excluding carboxylic acids is 2. The number of nitrogens with zero attached hydrogens (tertiary/aromatic N) is 1. The summed E-state index contributed by atoms with van der Waals surface area (Å²) >= 11 is 0. The zero-order valence-electron chi connectivity index (χ0n) is 30.8. The molecule has 7 rings (SSSR count). The lowest BCUT2D eigenvalue weighted by Gasteiger charge is -2.64. The molecule has 2 heterocycles. The fraction of sp³-hybridized carbons (Fsp3) is 0.500. The fourth-order valence-electron chi connectivity index (χ4n) is 7.88. The van der Waals surface area contributed by atoms with E-state index in [1.54, 1.807) is 32.9 Å². The number of pyridine rings is 1. The number of amides is 1. The third-order valence-electron chi connectivity index (χ3n) is 10.7. The number of halogens is 1. The lowest BCUT2D eigenvalue weighted by Crippen LogP contribution is -2.65. The van der Waals surface area contributed by atoms with E-state index in [9.17, 15) is 9.59 Å². The van der Waals surface area contributed by atoms with Crippen LogP contribution in [0.1, 0.15) is 89.0 Å². The molecular weight excluding hydrogens is 640 g/mol. The Bertz CT molecular complexity index is 1740. The summed E-state index contributed by atoms with van der Waals surface area (Å²) in [6.07, 6.45) is 3.25. The van der Waals surface area contributed by atoms with E-state index in [1.165, 1.54) is 19.4 Å². The van der Waals surface area contributed by atoms with Crippen molar-refractivity contribution in [1.82, 2.24) is 10.3 Å². The molecule has 4 fully saturated rings. The maximum atomic E-state index is 15.4. The van der Waals surface area contributed by atoms with E-state index in [1.807, 2.05) is 36.4 Å². The number of hydrogen-bond donors (Lipinski definition) is 2. The molecule has 3 saturated carbocycles. The molecule has 1 saturated heterocycles. The van der Waals surface area contributed by atoms with Crippen LogP contribution in [0.4, 0.5) is 4.39 Å². The van der Waals surface area contributed by atoms with Crippen molar-refractivity contribution in [3.8, 4) is 11.5 Å². The van der Waals surface area contributed by atoms with Crippen LogP contribution in [0.25, 0.3) is 0 Å². The molecule has 1 aromatic heterocycles. The van der Waals surface area contributed by atoms with Gasteiger partial charge in [-0.1, -0.05) is 56.3 Å². The number of benzene rings is 2. The molecule has 2 bridgehead atoms. The van der Waals surface area contributed by atoms with Crippen LogP contribution < -0.4 is 20.5 Å². The van der Waals surface area contributed by atoms with Gasteiger partial charge in [0.2, 0.25) is 5.91 Å². The molecule has 50 heavy (non-hydrogen) atoms. The summed E-state index contributed by atoms with van der Waals surface area (Å²) in [6, 6.07) is 14.4. The molecule has 6 atom stereocenters. The second kappa shape index (κ2) is 13.6. The third kappa shape index (κ3) is 6.98. The highest BCUT2D eigenvalue weighted by molar-refractivity contribution is 6.48.